The first kappa shape index (κ1) is 22.4. The predicted octanol–water partition coefficient (Wildman–Crippen LogP) is 5.07. The molecule has 0 aliphatic carbocycles. The summed E-state index contributed by atoms with van der Waals surface area (Å²) >= 11 is 0. The van der Waals surface area contributed by atoms with Gasteiger partial charge in [0, 0.05) is 23.4 Å². The molecule has 0 atom stereocenters. The lowest BCUT2D eigenvalue weighted by Gasteiger charge is -2.11. The number of hydrogen-bond donors (Lipinski definition) is 3. The third-order valence-corrected chi connectivity index (χ3v) is 5.92. The van der Waals surface area contributed by atoms with Gasteiger partial charge >= 0.3 is 5.97 Å². The molecule has 0 amide bonds. The smallest absolute Gasteiger partial charge is 0.353 e. The van der Waals surface area contributed by atoms with Crippen molar-refractivity contribution in [2.24, 2.45) is 0 Å². The summed E-state index contributed by atoms with van der Waals surface area (Å²) in [6, 6.07) is 8.38. The van der Waals surface area contributed by atoms with Gasteiger partial charge in [-0.3, -0.25) is 4.79 Å². The Morgan fingerprint density at radius 2 is 1.97 bits per heavy atom. The fourth-order valence-electron chi connectivity index (χ4n) is 4.47. The van der Waals surface area contributed by atoms with E-state index in [2.05, 4.69) is 15.0 Å². The lowest BCUT2D eigenvalue weighted by molar-refractivity contribution is 0.0687. The quantitative estimate of drug-likeness (QED) is 0.315. The maximum Gasteiger partial charge on any atom is 0.353 e. The van der Waals surface area contributed by atoms with E-state index in [4.69, 9.17) is 4.42 Å². The zero-order valence-electron chi connectivity index (χ0n) is 17.6. The molecule has 0 spiro atoms. The zero-order chi connectivity index (χ0) is 23.6. The molecule has 3 N–H and O–H groups in total. The van der Waals surface area contributed by atoms with Crippen LogP contribution in [0.2, 0.25) is 0 Å². The number of aromatic nitrogens is 4. The number of pyridine rings is 1. The Balaban J connectivity index is 0.00000253. The molecule has 0 bridgehead atoms. The van der Waals surface area contributed by atoms with Crippen molar-refractivity contribution in [2.45, 2.75) is 6.54 Å². The number of aromatic carboxylic acids is 1. The normalized spacial score (nSPS) is 11.4. The van der Waals surface area contributed by atoms with Gasteiger partial charge in [0.05, 0.1) is 52.0 Å². The maximum atomic E-state index is 15.0. The molecule has 0 unspecified atom stereocenters. The Morgan fingerprint density at radius 3 is 2.74 bits per heavy atom. The van der Waals surface area contributed by atoms with Gasteiger partial charge in [-0.2, -0.15) is 0 Å². The number of rotatable bonds is 4. The number of nitrogens with one attached hydrogen (secondary N) is 2. The van der Waals surface area contributed by atoms with Gasteiger partial charge in [0.25, 0.3) is 5.56 Å². The minimum Gasteiger partial charge on any atom is -0.477 e. The van der Waals surface area contributed by atoms with Crippen molar-refractivity contribution >= 4 is 51.3 Å². The van der Waals surface area contributed by atoms with E-state index in [0.717, 1.165) is 0 Å². The zero-order valence-corrected chi connectivity index (χ0v) is 18.5. The van der Waals surface area contributed by atoms with Crippen LogP contribution in [-0.2, 0) is 6.54 Å². The summed E-state index contributed by atoms with van der Waals surface area (Å²) in [5, 5.41) is 10.6. The van der Waals surface area contributed by atoms with Crippen LogP contribution < -0.4 is 5.56 Å². The number of imidazole rings is 1. The van der Waals surface area contributed by atoms with Gasteiger partial charge in [-0.15, -0.1) is 12.4 Å². The van der Waals surface area contributed by atoms with Crippen molar-refractivity contribution < 1.29 is 23.1 Å². The highest BCUT2D eigenvalue weighted by molar-refractivity contribution is 6.17. The first-order chi connectivity index (χ1) is 16.4. The average molecular weight is 497 g/mol. The van der Waals surface area contributed by atoms with Crippen LogP contribution in [0.25, 0.3) is 44.0 Å². The number of fused-ring (bicyclic) bond motifs is 4. The molecule has 8 nitrogen and oxygen atoms in total. The van der Waals surface area contributed by atoms with Crippen molar-refractivity contribution in [3.05, 3.63) is 88.4 Å². The molecule has 0 radical (unpaired) electrons. The lowest BCUT2D eigenvalue weighted by Crippen LogP contribution is -2.14. The summed E-state index contributed by atoms with van der Waals surface area (Å²) < 4.78 is 36.7. The molecule has 4 heterocycles. The number of carboxylic acids is 1. The van der Waals surface area contributed by atoms with Crippen LogP contribution in [0.5, 0.6) is 0 Å². The van der Waals surface area contributed by atoms with E-state index in [1.807, 2.05) is 0 Å². The SMILES string of the molecule is Cl.O=C(O)c1c(-c2ccc[nH]c2=O)c2c3occc3c(F)cc2n1Cc1cc2[nH]cnc2cc1F. The molecule has 0 aliphatic rings. The van der Waals surface area contributed by atoms with Gasteiger partial charge in [0.15, 0.2) is 0 Å². The van der Waals surface area contributed by atoms with E-state index < -0.39 is 23.2 Å². The van der Waals surface area contributed by atoms with Crippen molar-refractivity contribution in [2.75, 3.05) is 0 Å². The minimum atomic E-state index is -1.36. The highest BCUT2D eigenvalue weighted by atomic mass is 35.5. The molecule has 176 valence electrons. The first-order valence-electron chi connectivity index (χ1n) is 10.2. The molecular formula is C24H15ClF2N4O4. The van der Waals surface area contributed by atoms with Crippen LogP contribution in [0.3, 0.4) is 0 Å². The molecule has 6 aromatic rings. The second-order valence-corrected chi connectivity index (χ2v) is 7.81. The summed E-state index contributed by atoms with van der Waals surface area (Å²) in [7, 11) is 0. The molecule has 2 aromatic carbocycles. The molecule has 0 aliphatic heterocycles. The van der Waals surface area contributed by atoms with Crippen LogP contribution in [0.1, 0.15) is 16.1 Å². The summed E-state index contributed by atoms with van der Waals surface area (Å²) in [5.41, 5.74) is 0.686. The van der Waals surface area contributed by atoms with E-state index >= 15 is 0 Å². The van der Waals surface area contributed by atoms with Crippen LogP contribution in [0.15, 0.2) is 64.4 Å². The number of halogens is 3. The minimum absolute atomic E-state index is 0. The Bertz CT molecular complexity index is 1830. The van der Waals surface area contributed by atoms with E-state index in [1.165, 1.54) is 53.7 Å². The topological polar surface area (TPSA) is 117 Å². The predicted molar refractivity (Wildman–Crippen MR) is 127 cm³/mol. The number of carboxylic acid groups (broad SMARTS) is 1. The summed E-state index contributed by atoms with van der Waals surface area (Å²) in [6.07, 6.45) is 4.13. The van der Waals surface area contributed by atoms with Gasteiger partial charge in [-0.1, -0.05) is 0 Å². The van der Waals surface area contributed by atoms with Gasteiger partial charge in [0.1, 0.15) is 22.9 Å². The molecule has 11 heteroatoms. The van der Waals surface area contributed by atoms with Crippen molar-refractivity contribution in [3.63, 3.8) is 0 Å². The highest BCUT2D eigenvalue weighted by Gasteiger charge is 2.29. The number of nitrogens with zero attached hydrogens (tertiary/aromatic N) is 2. The van der Waals surface area contributed by atoms with E-state index in [0.29, 0.717) is 11.0 Å². The second kappa shape index (κ2) is 8.10. The van der Waals surface area contributed by atoms with E-state index in [1.54, 1.807) is 6.07 Å². The largest absolute Gasteiger partial charge is 0.477 e. The molecule has 35 heavy (non-hydrogen) atoms. The van der Waals surface area contributed by atoms with E-state index in [9.17, 15) is 23.5 Å². The van der Waals surface area contributed by atoms with Crippen LogP contribution >= 0.6 is 12.4 Å². The van der Waals surface area contributed by atoms with Gasteiger partial charge in [-0.25, -0.2) is 18.6 Å². The number of furan rings is 1. The number of benzene rings is 2. The fraction of sp³-hybridized carbons (Fsp3) is 0.0417. The summed E-state index contributed by atoms with van der Waals surface area (Å²) in [4.78, 5) is 34.7. The third kappa shape index (κ3) is 3.29. The maximum absolute atomic E-state index is 15.0. The van der Waals surface area contributed by atoms with Crippen LogP contribution in [0, 0.1) is 11.6 Å². The summed E-state index contributed by atoms with van der Waals surface area (Å²) in [5.74, 6) is -2.60. The number of carbonyl (C=O) groups is 1. The monoisotopic (exact) mass is 496 g/mol. The van der Waals surface area contributed by atoms with Gasteiger partial charge < -0.3 is 24.1 Å². The van der Waals surface area contributed by atoms with Crippen molar-refractivity contribution in [3.8, 4) is 11.1 Å². The second-order valence-electron chi connectivity index (χ2n) is 7.81. The number of H-pyrrole nitrogens is 2. The molecule has 4 aromatic heterocycles. The van der Waals surface area contributed by atoms with Crippen molar-refractivity contribution in [1.29, 1.82) is 0 Å². The van der Waals surface area contributed by atoms with Crippen LogP contribution in [0.4, 0.5) is 8.78 Å². The molecule has 6 rings (SSSR count). The Labute approximate surface area is 200 Å². The standard InChI is InChI=1S/C24H14F2N4O4.ClH/c25-14-7-17-16(28-10-29-17)6-11(14)9-30-18-8-15(26)12-3-5-34-22(12)20(18)19(21(30)24(32)33)13-2-1-4-27-23(13)31;/h1-8,10H,9H2,(H,27,31)(H,28,29)(H,32,33);1H. The molecule has 0 saturated carbocycles. The molecule has 0 saturated heterocycles. The lowest BCUT2D eigenvalue weighted by atomic mass is 10.0. The van der Waals surface area contributed by atoms with Gasteiger partial charge in [-0.05, 0) is 30.3 Å². The Kier molecular flexibility index (Phi) is 5.17. The average Bonchev–Trinajstić information content (AvgIpc) is 3.52. The third-order valence-electron chi connectivity index (χ3n) is 5.92. The number of hydrogen-bond acceptors (Lipinski definition) is 4. The fourth-order valence-corrected chi connectivity index (χ4v) is 4.47. The highest BCUT2D eigenvalue weighted by Crippen LogP contribution is 2.40. The Morgan fingerprint density at radius 1 is 1.14 bits per heavy atom. The van der Waals surface area contributed by atoms with Crippen molar-refractivity contribution in [1.82, 2.24) is 19.5 Å². The molecule has 0 fully saturated rings. The first-order valence-corrected chi connectivity index (χ1v) is 10.2. The van der Waals surface area contributed by atoms with E-state index in [-0.39, 0.29) is 63.2 Å². The molecular weight excluding hydrogens is 482 g/mol. The van der Waals surface area contributed by atoms with Gasteiger partial charge in [0.2, 0.25) is 0 Å². The Hall–Kier alpha value is -4.44. The number of aromatic amines is 2. The van der Waals surface area contributed by atoms with Crippen LogP contribution in [-0.4, -0.2) is 30.6 Å². The summed E-state index contributed by atoms with van der Waals surface area (Å²) in [6.45, 7) is -0.241.